The van der Waals surface area contributed by atoms with E-state index in [0.717, 1.165) is 23.3 Å². The molecule has 0 unspecified atom stereocenters. The second-order valence-electron chi connectivity index (χ2n) is 4.24. The van der Waals surface area contributed by atoms with Crippen molar-refractivity contribution in [3.8, 4) is 0 Å². The van der Waals surface area contributed by atoms with Crippen molar-refractivity contribution in [1.82, 2.24) is 0 Å². The molecule has 0 aromatic heterocycles. The van der Waals surface area contributed by atoms with Crippen molar-refractivity contribution >= 4 is 15.7 Å². The Morgan fingerprint density at radius 1 is 1.00 bits per heavy atom. The summed E-state index contributed by atoms with van der Waals surface area (Å²) >= 11 is 0. The lowest BCUT2D eigenvalue weighted by Crippen LogP contribution is -1.98. The molecule has 0 aliphatic rings. The normalized spacial score (nSPS) is 11.3. The van der Waals surface area contributed by atoms with Crippen LogP contribution in [0.1, 0.15) is 11.1 Å². The van der Waals surface area contributed by atoms with Gasteiger partial charge in [-0.1, -0.05) is 23.8 Å². The third kappa shape index (κ3) is 2.93. The lowest BCUT2D eigenvalue weighted by Gasteiger charge is -2.24. The maximum atomic E-state index is 12.8. The Hall–Kier alpha value is -1.88. The van der Waals surface area contributed by atoms with Crippen LogP contribution >= 0.6 is 0 Å². The molecule has 0 radical (unpaired) electrons. The van der Waals surface area contributed by atoms with Gasteiger partial charge >= 0.3 is 0 Å². The summed E-state index contributed by atoms with van der Waals surface area (Å²) in [5, 5.41) is 0. The van der Waals surface area contributed by atoms with Gasteiger partial charge in [-0.15, -0.1) is 5.69 Å². The van der Waals surface area contributed by atoms with Gasteiger partial charge in [-0.2, -0.15) is 0 Å². The predicted molar refractivity (Wildman–Crippen MR) is 72.5 cm³/mol. The molecule has 2 rings (SSSR count). The largest absolute Gasteiger partial charge is 0.572 e. The minimum absolute atomic E-state index is 0.0187. The molecule has 3 nitrogen and oxygen atoms in total. The fourth-order valence-corrected chi connectivity index (χ4v) is 2.67. The van der Waals surface area contributed by atoms with E-state index >= 15 is 0 Å². The van der Waals surface area contributed by atoms with Gasteiger partial charge in [0, 0.05) is 0 Å². The molecule has 0 N–H and O–H groups in total. The van der Waals surface area contributed by atoms with Crippen LogP contribution in [0.4, 0.5) is 10.1 Å². The van der Waals surface area contributed by atoms with Gasteiger partial charge < -0.3 is 4.72 Å². The van der Waals surface area contributed by atoms with Gasteiger partial charge in [0.15, 0.2) is 0 Å². The first-order valence-electron chi connectivity index (χ1n) is 5.70. The summed E-state index contributed by atoms with van der Waals surface area (Å²) in [6.07, 6.45) is 0. The lowest BCUT2D eigenvalue weighted by atomic mass is 10.1. The summed E-state index contributed by atoms with van der Waals surface area (Å²) in [7, 11) is -3.81. The minimum atomic E-state index is -3.81. The molecular weight excluding hydrogens is 265 g/mol. The summed E-state index contributed by atoms with van der Waals surface area (Å²) in [6.45, 7) is 3.70. The molecule has 2 aromatic carbocycles. The van der Waals surface area contributed by atoms with Crippen LogP contribution in [0.2, 0.25) is 0 Å². The Bertz CT molecular complexity index is 694. The molecule has 5 heteroatoms. The number of hydrogen-bond acceptors (Lipinski definition) is 2. The quantitative estimate of drug-likeness (QED) is 0.856. The molecule has 0 aliphatic carbocycles. The molecule has 0 atom stereocenters. The van der Waals surface area contributed by atoms with E-state index in [9.17, 15) is 12.8 Å². The van der Waals surface area contributed by atoms with E-state index in [0.29, 0.717) is 5.69 Å². The Kier molecular flexibility index (Phi) is 3.57. The summed E-state index contributed by atoms with van der Waals surface area (Å²) in [4.78, 5) is -0.0187. The maximum Gasteiger partial charge on any atom is 0.123 e. The first-order valence-corrected chi connectivity index (χ1v) is 7.14. The van der Waals surface area contributed by atoms with Crippen molar-refractivity contribution in [2.45, 2.75) is 18.7 Å². The predicted octanol–water partition coefficient (Wildman–Crippen LogP) is 3.84. The second-order valence-corrected chi connectivity index (χ2v) is 5.84. The van der Waals surface area contributed by atoms with Crippen molar-refractivity contribution in [3.05, 3.63) is 64.1 Å². The maximum absolute atomic E-state index is 12.8. The SMILES string of the molecule is Cc1cccc([N-]S(=O)(=O)c2ccc(F)cc2)c1C. The number of halogens is 1. The van der Waals surface area contributed by atoms with E-state index < -0.39 is 15.8 Å². The van der Waals surface area contributed by atoms with Gasteiger partial charge in [0.25, 0.3) is 0 Å². The summed E-state index contributed by atoms with van der Waals surface area (Å²) in [5.74, 6) is -0.481. The van der Waals surface area contributed by atoms with Gasteiger partial charge in [-0.05, 0) is 43.7 Å². The number of aryl methyl sites for hydroxylation is 1. The zero-order valence-electron chi connectivity index (χ0n) is 10.6. The summed E-state index contributed by atoms with van der Waals surface area (Å²) in [5.41, 5.74) is 2.19. The molecule has 0 fully saturated rings. The van der Waals surface area contributed by atoms with E-state index in [1.807, 2.05) is 19.9 Å². The van der Waals surface area contributed by atoms with Crippen LogP contribution in [0.3, 0.4) is 0 Å². The molecule has 0 saturated heterocycles. The lowest BCUT2D eigenvalue weighted by molar-refractivity contribution is 0.601. The van der Waals surface area contributed by atoms with Crippen molar-refractivity contribution in [2.75, 3.05) is 0 Å². The minimum Gasteiger partial charge on any atom is -0.572 e. The molecule has 0 saturated carbocycles. The van der Waals surface area contributed by atoms with Crippen LogP contribution in [-0.2, 0) is 10.0 Å². The average molecular weight is 278 g/mol. The highest BCUT2D eigenvalue weighted by atomic mass is 32.2. The number of sulfonamides is 1. The zero-order valence-corrected chi connectivity index (χ0v) is 11.4. The Labute approximate surface area is 112 Å². The zero-order chi connectivity index (χ0) is 14.0. The molecule has 0 bridgehead atoms. The van der Waals surface area contributed by atoms with E-state index in [2.05, 4.69) is 4.72 Å². The number of rotatable bonds is 3. The first-order chi connectivity index (χ1) is 8.90. The second kappa shape index (κ2) is 5.01. The van der Waals surface area contributed by atoms with Crippen LogP contribution in [0.5, 0.6) is 0 Å². The van der Waals surface area contributed by atoms with E-state index in [4.69, 9.17) is 0 Å². The van der Waals surface area contributed by atoms with Crippen LogP contribution in [-0.4, -0.2) is 8.42 Å². The van der Waals surface area contributed by atoms with Gasteiger partial charge in [0.2, 0.25) is 0 Å². The Balaban J connectivity index is 2.36. The highest BCUT2D eigenvalue weighted by molar-refractivity contribution is 7.94. The topological polar surface area (TPSA) is 48.2 Å². The standard InChI is InChI=1S/C14H13FNO2S/c1-10-4-3-5-14(11(10)2)16-19(17,18)13-8-6-12(15)7-9-13/h3-9H,1-2H3/q-1. The molecule has 0 aliphatic heterocycles. The molecular formula is C14H13FNO2S-. The summed E-state index contributed by atoms with van der Waals surface area (Å²) in [6, 6.07) is 9.90. The third-order valence-corrected chi connectivity index (χ3v) is 4.21. The molecule has 0 heterocycles. The first kappa shape index (κ1) is 13.5. The molecule has 100 valence electrons. The molecule has 0 spiro atoms. The molecule has 19 heavy (non-hydrogen) atoms. The van der Waals surface area contributed by atoms with Gasteiger partial charge in [-0.25, -0.2) is 12.8 Å². The van der Waals surface area contributed by atoms with Crippen LogP contribution < -0.4 is 0 Å². The van der Waals surface area contributed by atoms with Crippen LogP contribution in [0, 0.1) is 19.7 Å². The summed E-state index contributed by atoms with van der Waals surface area (Å²) < 4.78 is 40.8. The fraction of sp³-hybridized carbons (Fsp3) is 0.143. The van der Waals surface area contributed by atoms with Crippen LogP contribution in [0.25, 0.3) is 4.72 Å². The number of nitrogens with zero attached hydrogens (tertiary/aromatic N) is 1. The van der Waals surface area contributed by atoms with Crippen molar-refractivity contribution in [3.63, 3.8) is 0 Å². The number of hydrogen-bond donors (Lipinski definition) is 0. The van der Waals surface area contributed by atoms with Gasteiger partial charge in [0.1, 0.15) is 15.8 Å². The Morgan fingerprint density at radius 3 is 2.26 bits per heavy atom. The van der Waals surface area contributed by atoms with E-state index in [1.54, 1.807) is 12.1 Å². The van der Waals surface area contributed by atoms with Crippen molar-refractivity contribution in [2.24, 2.45) is 0 Å². The van der Waals surface area contributed by atoms with E-state index in [1.165, 1.54) is 12.1 Å². The van der Waals surface area contributed by atoms with Crippen molar-refractivity contribution < 1.29 is 12.8 Å². The third-order valence-electron chi connectivity index (χ3n) is 2.91. The van der Waals surface area contributed by atoms with E-state index in [-0.39, 0.29) is 4.90 Å². The highest BCUT2D eigenvalue weighted by Gasteiger charge is 2.06. The molecule has 0 amide bonds. The number of benzene rings is 2. The Morgan fingerprint density at radius 2 is 1.63 bits per heavy atom. The highest BCUT2D eigenvalue weighted by Crippen LogP contribution is 2.31. The molecule has 2 aromatic rings. The fourth-order valence-electron chi connectivity index (χ4n) is 1.62. The smallest absolute Gasteiger partial charge is 0.123 e. The average Bonchev–Trinajstić information content (AvgIpc) is 2.35. The van der Waals surface area contributed by atoms with Gasteiger partial charge in [-0.3, -0.25) is 0 Å². The van der Waals surface area contributed by atoms with Crippen molar-refractivity contribution in [1.29, 1.82) is 0 Å². The monoisotopic (exact) mass is 278 g/mol. The van der Waals surface area contributed by atoms with Crippen LogP contribution in [0.15, 0.2) is 47.4 Å². The van der Waals surface area contributed by atoms with Gasteiger partial charge in [0.05, 0.1) is 4.90 Å².